The molecule has 3 N–H and O–H groups in total. The molecule has 0 unspecified atom stereocenters. The Kier molecular flexibility index (Phi) is 21.2. The molecule has 0 radical (unpaired) electrons. The van der Waals surface area contributed by atoms with E-state index in [2.05, 4.69) is 35.0 Å². The van der Waals surface area contributed by atoms with Gasteiger partial charge in [-0.25, -0.2) is 0 Å². The zero-order valence-corrected chi connectivity index (χ0v) is 42.9. The van der Waals surface area contributed by atoms with Gasteiger partial charge in [0.2, 0.25) is 11.8 Å². The highest BCUT2D eigenvalue weighted by Crippen LogP contribution is 2.41. The minimum Gasteiger partial charge on any atom is -0.378 e. The van der Waals surface area contributed by atoms with Crippen molar-refractivity contribution in [3.8, 4) is 17.2 Å². The number of rotatable bonds is 25. The summed E-state index contributed by atoms with van der Waals surface area (Å²) in [4.78, 5) is 55.7. The molecule has 2 aliphatic heterocycles. The summed E-state index contributed by atoms with van der Waals surface area (Å²) in [6, 6.07) is 33.0. The number of nitrogens with zero attached hydrogens (tertiary/aromatic N) is 3. The van der Waals surface area contributed by atoms with Gasteiger partial charge in [0.15, 0.2) is 0 Å². The number of nitrogens with one attached hydrogen (secondary N) is 3. The van der Waals surface area contributed by atoms with Gasteiger partial charge in [0, 0.05) is 67.0 Å². The number of anilines is 2. The maximum absolute atomic E-state index is 13.4. The fraction of sp³-hybridized carbons (Fsp3) is 0.446. The molecule has 4 aromatic carbocycles. The van der Waals surface area contributed by atoms with Gasteiger partial charge in [0.25, 0.3) is 11.8 Å². The molecule has 0 spiro atoms. The predicted molar refractivity (Wildman–Crippen MR) is 279 cm³/mol. The highest BCUT2D eigenvalue weighted by Gasteiger charge is 2.41. The Morgan fingerprint density at radius 3 is 1.88 bits per heavy atom. The van der Waals surface area contributed by atoms with E-state index in [4.69, 9.17) is 35.3 Å². The second-order valence-electron chi connectivity index (χ2n) is 19.0. The summed E-state index contributed by atoms with van der Waals surface area (Å²) in [6.07, 6.45) is 2.42. The van der Waals surface area contributed by atoms with Crippen molar-refractivity contribution in [2.45, 2.75) is 59.0 Å². The van der Waals surface area contributed by atoms with Crippen molar-refractivity contribution < 1.29 is 42.9 Å². The van der Waals surface area contributed by atoms with Crippen LogP contribution in [0.4, 0.5) is 11.4 Å². The number of nitriles is 1. The van der Waals surface area contributed by atoms with Gasteiger partial charge in [-0.15, -0.1) is 0 Å². The molecule has 0 bridgehead atoms. The Balaban J connectivity index is 0.777. The first-order valence-corrected chi connectivity index (χ1v) is 25.1. The Hall–Kier alpha value is -6.12. The molecule has 2 heterocycles. The lowest BCUT2D eigenvalue weighted by Crippen LogP contribution is -2.43. The van der Waals surface area contributed by atoms with E-state index in [0.717, 1.165) is 40.0 Å². The Bertz CT molecular complexity index is 2480. The van der Waals surface area contributed by atoms with Gasteiger partial charge in [-0.05, 0) is 89.5 Å². The lowest BCUT2D eigenvalue weighted by molar-refractivity contribution is -0.127. The van der Waals surface area contributed by atoms with E-state index in [1.54, 1.807) is 17.9 Å². The molecule has 72 heavy (non-hydrogen) atoms. The summed E-state index contributed by atoms with van der Waals surface area (Å²) in [5.41, 5.74) is 6.08. The zero-order chi connectivity index (χ0) is 51.5. The van der Waals surface area contributed by atoms with Crippen molar-refractivity contribution in [3.05, 3.63) is 130 Å². The third-order valence-corrected chi connectivity index (χ3v) is 12.6. The minimum atomic E-state index is -0.458. The molecule has 16 heteroatoms. The van der Waals surface area contributed by atoms with E-state index in [1.165, 1.54) is 0 Å². The number of ether oxygens (including phenoxy) is 5. The van der Waals surface area contributed by atoms with Gasteiger partial charge < -0.3 is 49.4 Å². The Morgan fingerprint density at radius 2 is 1.31 bits per heavy atom. The zero-order valence-electron chi connectivity index (χ0n) is 42.1. The molecular formula is C56H69ClN6O9. The number of halogens is 1. The van der Waals surface area contributed by atoms with E-state index in [9.17, 15) is 24.4 Å². The average molecular weight is 1010 g/mol. The lowest BCUT2D eigenvalue weighted by Gasteiger charge is -2.39. The van der Waals surface area contributed by atoms with Crippen LogP contribution in [0.5, 0.6) is 0 Å². The van der Waals surface area contributed by atoms with Crippen molar-refractivity contribution in [2.75, 3.05) is 102 Å². The number of likely N-dealkylation sites (tertiary alicyclic amines) is 1. The first-order chi connectivity index (χ1) is 34.7. The normalized spacial score (nSPS) is 17.8. The molecule has 384 valence electrons. The molecule has 6 rings (SSSR count). The van der Waals surface area contributed by atoms with Crippen LogP contribution in [0, 0.1) is 22.7 Å². The highest BCUT2D eigenvalue weighted by atomic mass is 35.5. The van der Waals surface area contributed by atoms with Crippen LogP contribution in [0.15, 0.2) is 109 Å². The number of hydrogen-bond donors (Lipinski definition) is 3. The fourth-order valence-corrected chi connectivity index (χ4v) is 9.06. The molecule has 2 aliphatic rings. The van der Waals surface area contributed by atoms with Gasteiger partial charge in [-0.1, -0.05) is 87.0 Å². The van der Waals surface area contributed by atoms with Gasteiger partial charge in [-0.2, -0.15) is 5.26 Å². The smallest absolute Gasteiger partial charge is 0.264 e. The molecule has 1 fully saturated rings. The molecule has 4 amide bonds. The van der Waals surface area contributed by atoms with Crippen LogP contribution in [0.1, 0.15) is 74.5 Å². The first kappa shape index (κ1) is 55.2. The van der Waals surface area contributed by atoms with Crippen LogP contribution >= 0.6 is 11.6 Å². The number of fused-ring (bicyclic) bond motifs is 1. The number of carbonyl (C=O) groups excluding carboxylic acids is 4. The summed E-state index contributed by atoms with van der Waals surface area (Å²) >= 11 is 6.13. The van der Waals surface area contributed by atoms with E-state index < -0.39 is 5.92 Å². The third-order valence-electron chi connectivity index (χ3n) is 12.4. The van der Waals surface area contributed by atoms with Crippen molar-refractivity contribution in [1.82, 2.24) is 15.5 Å². The van der Waals surface area contributed by atoms with Crippen LogP contribution in [0.25, 0.3) is 11.1 Å². The van der Waals surface area contributed by atoms with Gasteiger partial charge >= 0.3 is 0 Å². The minimum absolute atomic E-state index is 0.00238. The van der Waals surface area contributed by atoms with Crippen molar-refractivity contribution >= 4 is 46.6 Å². The van der Waals surface area contributed by atoms with Gasteiger partial charge in [-0.3, -0.25) is 19.2 Å². The first-order valence-electron chi connectivity index (χ1n) is 24.7. The Labute approximate surface area is 429 Å². The monoisotopic (exact) mass is 1000 g/mol. The summed E-state index contributed by atoms with van der Waals surface area (Å²) in [5.74, 6) is -1.35. The molecule has 1 saturated heterocycles. The van der Waals surface area contributed by atoms with Crippen molar-refractivity contribution in [2.24, 2.45) is 11.3 Å². The third kappa shape index (κ3) is 16.5. The number of amides is 4. The molecule has 0 aromatic heterocycles. The molecule has 0 aliphatic carbocycles. The summed E-state index contributed by atoms with van der Waals surface area (Å²) in [7, 11) is 0. The molecule has 4 atom stereocenters. The topological polar surface area (TPSA) is 181 Å². The van der Waals surface area contributed by atoms with Gasteiger partial charge in [0.05, 0.1) is 78.0 Å². The molecular weight excluding hydrogens is 936 g/mol. The standard InChI is InChI=1S/C56H69ClN6O9/c1-39-33-51(61-47-18-16-46(57)17-19-47)48-34-44(15-20-52(48)63(39)40(2)64)41-11-13-43(14-12-41)53(65)59-21-23-68-25-27-70-29-31-72-32-30-71-28-26-69-24-22-60-54(66)50-38-62(37-49(50)42-9-7-6-8-10-42)55(67)45(36-58)35-56(3,4)5/h6-20,34-35,39,49-51,61H,21-33,37-38H2,1-5H3,(H,59,65)(H,60,66)/b45-35+/t39-,49-,50+,51+/m0/s1. The fourth-order valence-electron chi connectivity index (χ4n) is 8.94. The van der Waals surface area contributed by atoms with Crippen LogP contribution in [-0.4, -0.2) is 127 Å². The van der Waals surface area contributed by atoms with E-state index in [0.29, 0.717) is 96.3 Å². The van der Waals surface area contributed by atoms with Crippen molar-refractivity contribution in [3.63, 3.8) is 0 Å². The molecule has 4 aromatic rings. The number of benzene rings is 4. The maximum Gasteiger partial charge on any atom is 0.264 e. The molecule has 0 saturated carbocycles. The second kappa shape index (κ2) is 27.6. The number of carbonyl (C=O) groups is 4. The van der Waals surface area contributed by atoms with Crippen LogP contribution < -0.4 is 20.9 Å². The highest BCUT2D eigenvalue weighted by molar-refractivity contribution is 6.30. The van der Waals surface area contributed by atoms with Crippen LogP contribution in [-0.2, 0) is 38.1 Å². The van der Waals surface area contributed by atoms with Crippen LogP contribution in [0.2, 0.25) is 5.02 Å². The maximum atomic E-state index is 13.4. The number of hydrogen-bond acceptors (Lipinski definition) is 11. The largest absolute Gasteiger partial charge is 0.378 e. The van der Waals surface area contributed by atoms with Crippen molar-refractivity contribution in [1.29, 1.82) is 5.26 Å². The van der Waals surface area contributed by atoms with Gasteiger partial charge in [0.1, 0.15) is 11.6 Å². The summed E-state index contributed by atoms with van der Waals surface area (Å²) in [5, 5.41) is 19.9. The quantitative estimate of drug-likeness (QED) is 0.0333. The average Bonchev–Trinajstić information content (AvgIpc) is 3.82. The second-order valence-corrected chi connectivity index (χ2v) is 19.4. The Morgan fingerprint density at radius 1 is 0.736 bits per heavy atom. The van der Waals surface area contributed by atoms with E-state index in [1.807, 2.05) is 117 Å². The number of allylic oxidation sites excluding steroid dienone is 1. The summed E-state index contributed by atoms with van der Waals surface area (Å²) in [6.45, 7) is 14.5. The van der Waals surface area contributed by atoms with Crippen LogP contribution in [0.3, 0.4) is 0 Å². The van der Waals surface area contributed by atoms with E-state index >= 15 is 0 Å². The summed E-state index contributed by atoms with van der Waals surface area (Å²) < 4.78 is 28.0. The predicted octanol–water partition coefficient (Wildman–Crippen LogP) is 7.97. The SMILES string of the molecule is CC(=O)N1c2ccc(-c3ccc(C(=O)NCCOCCOCCOCCOCCOCCNC(=O)[C@@H]4CN(C(=O)/C(C#N)=C/C(C)(C)C)C[C@H]4c4ccccc4)cc3)cc2[C@H](Nc2ccc(Cl)cc2)C[C@@H]1C. The van der Waals surface area contributed by atoms with E-state index in [-0.39, 0.29) is 59.2 Å². The molecule has 15 nitrogen and oxygen atoms in total. The lowest BCUT2D eigenvalue weighted by atomic mass is 9.88.